The molecule has 1 heterocycles. The topological polar surface area (TPSA) is 23.5 Å². The van der Waals surface area contributed by atoms with Gasteiger partial charge in [0.25, 0.3) is 0 Å². The largest absolute Gasteiger partial charge is 0.396 e. The van der Waals surface area contributed by atoms with Crippen molar-refractivity contribution in [2.45, 2.75) is 33.1 Å². The fraction of sp³-hybridized carbons (Fsp3) is 1.00. The molecule has 0 saturated carbocycles. The lowest BCUT2D eigenvalue weighted by Gasteiger charge is -2.24. The van der Waals surface area contributed by atoms with E-state index in [-0.39, 0.29) is 5.41 Å². The van der Waals surface area contributed by atoms with Crippen molar-refractivity contribution in [1.29, 1.82) is 0 Å². The van der Waals surface area contributed by atoms with Crippen LogP contribution in [0.25, 0.3) is 0 Å². The first kappa shape index (κ1) is 10.0. The summed E-state index contributed by atoms with van der Waals surface area (Å²) in [5, 5.41) is 9.05. The zero-order valence-electron chi connectivity index (χ0n) is 8.34. The van der Waals surface area contributed by atoms with Crippen LogP contribution in [0, 0.1) is 5.41 Å². The SMILES string of the molecule is CC(C)(CO)CCN1CCCC1. The number of hydrogen-bond acceptors (Lipinski definition) is 2. The number of rotatable bonds is 4. The van der Waals surface area contributed by atoms with E-state index in [1.807, 2.05) is 0 Å². The monoisotopic (exact) mass is 171 g/mol. The molecular formula is C10H21NO. The maximum Gasteiger partial charge on any atom is 0.0482 e. The van der Waals surface area contributed by atoms with Crippen LogP contribution in [0.1, 0.15) is 33.1 Å². The van der Waals surface area contributed by atoms with Crippen LogP contribution < -0.4 is 0 Å². The smallest absolute Gasteiger partial charge is 0.0482 e. The first-order valence-electron chi connectivity index (χ1n) is 4.97. The highest BCUT2D eigenvalue weighted by molar-refractivity contribution is 4.72. The summed E-state index contributed by atoms with van der Waals surface area (Å²) in [7, 11) is 0. The van der Waals surface area contributed by atoms with Crippen molar-refractivity contribution in [1.82, 2.24) is 4.90 Å². The van der Waals surface area contributed by atoms with E-state index in [4.69, 9.17) is 5.11 Å². The van der Waals surface area contributed by atoms with Crippen molar-refractivity contribution < 1.29 is 5.11 Å². The molecule has 1 rings (SSSR count). The molecule has 0 amide bonds. The maximum absolute atomic E-state index is 9.05. The summed E-state index contributed by atoms with van der Waals surface area (Å²) >= 11 is 0. The molecular weight excluding hydrogens is 150 g/mol. The van der Waals surface area contributed by atoms with Gasteiger partial charge >= 0.3 is 0 Å². The van der Waals surface area contributed by atoms with E-state index in [1.54, 1.807) is 0 Å². The molecule has 0 bridgehead atoms. The van der Waals surface area contributed by atoms with Gasteiger partial charge in [-0.25, -0.2) is 0 Å². The Hall–Kier alpha value is -0.0800. The van der Waals surface area contributed by atoms with Gasteiger partial charge in [0.05, 0.1) is 0 Å². The normalized spacial score (nSPS) is 20.2. The Bertz CT molecular complexity index is 128. The minimum Gasteiger partial charge on any atom is -0.396 e. The number of nitrogens with zero attached hydrogens (tertiary/aromatic N) is 1. The highest BCUT2D eigenvalue weighted by atomic mass is 16.3. The van der Waals surface area contributed by atoms with Gasteiger partial charge in [0, 0.05) is 6.61 Å². The van der Waals surface area contributed by atoms with E-state index in [2.05, 4.69) is 18.7 Å². The maximum atomic E-state index is 9.05. The van der Waals surface area contributed by atoms with Crippen LogP contribution >= 0.6 is 0 Å². The molecule has 0 spiro atoms. The van der Waals surface area contributed by atoms with Gasteiger partial charge in [-0.15, -0.1) is 0 Å². The molecule has 0 aromatic rings. The molecule has 0 radical (unpaired) electrons. The molecule has 72 valence electrons. The molecule has 0 aromatic heterocycles. The number of hydrogen-bond donors (Lipinski definition) is 1. The Labute approximate surface area is 75.6 Å². The third-order valence-electron chi connectivity index (χ3n) is 2.73. The predicted octanol–water partition coefficient (Wildman–Crippen LogP) is 1.49. The van der Waals surface area contributed by atoms with Crippen molar-refractivity contribution in [2.75, 3.05) is 26.2 Å². The second-order valence-corrected chi connectivity index (χ2v) is 4.62. The summed E-state index contributed by atoms with van der Waals surface area (Å²) in [6.45, 7) is 8.25. The molecule has 2 nitrogen and oxygen atoms in total. The van der Waals surface area contributed by atoms with Gasteiger partial charge in [0.2, 0.25) is 0 Å². The van der Waals surface area contributed by atoms with Crippen molar-refractivity contribution in [2.24, 2.45) is 5.41 Å². The Morgan fingerprint density at radius 3 is 2.33 bits per heavy atom. The molecule has 0 aromatic carbocycles. The summed E-state index contributed by atoms with van der Waals surface area (Å²) in [5.41, 5.74) is 0.114. The van der Waals surface area contributed by atoms with Gasteiger partial charge in [-0.3, -0.25) is 0 Å². The fourth-order valence-electron chi connectivity index (χ4n) is 1.55. The van der Waals surface area contributed by atoms with Crippen LogP contribution in [0.3, 0.4) is 0 Å². The summed E-state index contributed by atoms with van der Waals surface area (Å²) in [6.07, 6.45) is 3.84. The highest BCUT2D eigenvalue weighted by Gasteiger charge is 2.19. The number of aliphatic hydroxyl groups excluding tert-OH is 1. The van der Waals surface area contributed by atoms with E-state index < -0.39 is 0 Å². The third-order valence-corrected chi connectivity index (χ3v) is 2.73. The minimum atomic E-state index is 0.114. The first-order valence-corrected chi connectivity index (χ1v) is 4.97. The highest BCUT2D eigenvalue weighted by Crippen LogP contribution is 2.20. The van der Waals surface area contributed by atoms with E-state index in [9.17, 15) is 0 Å². The van der Waals surface area contributed by atoms with E-state index in [0.717, 1.165) is 13.0 Å². The van der Waals surface area contributed by atoms with Crippen molar-refractivity contribution in [3.05, 3.63) is 0 Å². The molecule has 0 atom stereocenters. The lowest BCUT2D eigenvalue weighted by atomic mass is 9.90. The standard InChI is InChI=1S/C10H21NO/c1-10(2,9-12)5-8-11-6-3-4-7-11/h12H,3-9H2,1-2H3. The molecule has 0 unspecified atom stereocenters. The van der Waals surface area contributed by atoms with Gasteiger partial charge in [-0.2, -0.15) is 0 Å². The van der Waals surface area contributed by atoms with Crippen molar-refractivity contribution in [3.8, 4) is 0 Å². The summed E-state index contributed by atoms with van der Waals surface area (Å²) in [4.78, 5) is 2.50. The van der Waals surface area contributed by atoms with E-state index in [0.29, 0.717) is 6.61 Å². The van der Waals surface area contributed by atoms with Crippen molar-refractivity contribution in [3.63, 3.8) is 0 Å². The summed E-state index contributed by atoms with van der Waals surface area (Å²) in [5.74, 6) is 0. The number of aliphatic hydroxyl groups is 1. The van der Waals surface area contributed by atoms with Gasteiger partial charge in [-0.05, 0) is 44.3 Å². The molecule has 0 aliphatic carbocycles. The van der Waals surface area contributed by atoms with Gasteiger partial charge in [0.1, 0.15) is 0 Å². The van der Waals surface area contributed by atoms with Gasteiger partial charge in [-0.1, -0.05) is 13.8 Å². The Kier molecular flexibility index (Phi) is 3.53. The zero-order chi connectivity index (χ0) is 9.03. The zero-order valence-corrected chi connectivity index (χ0v) is 8.34. The molecule has 1 aliphatic heterocycles. The van der Waals surface area contributed by atoms with Gasteiger partial charge in [0.15, 0.2) is 0 Å². The average molecular weight is 171 g/mol. The second-order valence-electron chi connectivity index (χ2n) is 4.62. The molecule has 12 heavy (non-hydrogen) atoms. The predicted molar refractivity (Wildman–Crippen MR) is 51.2 cm³/mol. The Morgan fingerprint density at radius 1 is 1.25 bits per heavy atom. The summed E-state index contributed by atoms with van der Waals surface area (Å²) in [6, 6.07) is 0. The van der Waals surface area contributed by atoms with Gasteiger partial charge < -0.3 is 10.0 Å². The quantitative estimate of drug-likeness (QED) is 0.692. The molecule has 1 fully saturated rings. The van der Waals surface area contributed by atoms with Crippen LogP contribution in [-0.2, 0) is 0 Å². The molecule has 1 N–H and O–H groups in total. The lowest BCUT2D eigenvalue weighted by molar-refractivity contribution is 0.135. The number of likely N-dealkylation sites (tertiary alicyclic amines) is 1. The third kappa shape index (κ3) is 3.11. The Balaban J connectivity index is 2.15. The first-order chi connectivity index (χ1) is 5.64. The molecule has 1 saturated heterocycles. The summed E-state index contributed by atoms with van der Waals surface area (Å²) < 4.78 is 0. The van der Waals surface area contributed by atoms with E-state index >= 15 is 0 Å². The Morgan fingerprint density at radius 2 is 1.83 bits per heavy atom. The fourth-order valence-corrected chi connectivity index (χ4v) is 1.55. The van der Waals surface area contributed by atoms with Crippen molar-refractivity contribution >= 4 is 0 Å². The molecule has 2 heteroatoms. The second kappa shape index (κ2) is 4.24. The van der Waals surface area contributed by atoms with Crippen LogP contribution in [0.15, 0.2) is 0 Å². The minimum absolute atomic E-state index is 0.114. The van der Waals surface area contributed by atoms with Crippen LogP contribution in [0.4, 0.5) is 0 Å². The van der Waals surface area contributed by atoms with Crippen LogP contribution in [0.5, 0.6) is 0 Å². The molecule has 1 aliphatic rings. The van der Waals surface area contributed by atoms with Crippen LogP contribution in [-0.4, -0.2) is 36.2 Å². The average Bonchev–Trinajstić information content (AvgIpc) is 2.53. The lowest BCUT2D eigenvalue weighted by Crippen LogP contribution is -2.27. The van der Waals surface area contributed by atoms with Crippen LogP contribution in [0.2, 0.25) is 0 Å². The van der Waals surface area contributed by atoms with E-state index in [1.165, 1.54) is 25.9 Å².